The van der Waals surface area contributed by atoms with Crippen LogP contribution in [-0.4, -0.2) is 108 Å². The Kier molecular flexibility index (Phi) is 33.2. The van der Waals surface area contributed by atoms with Crippen molar-refractivity contribution in [2.45, 2.75) is 185 Å². The van der Waals surface area contributed by atoms with Gasteiger partial charge in [0, 0.05) is 25.0 Å². The fraction of sp³-hybridized carbons (Fsp3) is 0.702. The zero-order valence-electron chi connectivity index (χ0n) is 39.8. The molecule has 0 saturated heterocycles. The highest BCUT2D eigenvalue weighted by Gasteiger charge is 2.31. The minimum atomic E-state index is -1.43. The van der Waals surface area contributed by atoms with E-state index in [1.807, 2.05) is 0 Å². The highest BCUT2D eigenvalue weighted by Crippen LogP contribution is 2.15. The molecule has 5 atom stereocenters. The summed E-state index contributed by atoms with van der Waals surface area (Å²) in [6.45, 7) is 2.33. The molecule has 0 aromatic heterocycles. The van der Waals surface area contributed by atoms with Crippen LogP contribution in [0.15, 0.2) is 24.3 Å². The molecular weight excluding hydrogens is 881 g/mol. The second-order valence-electron chi connectivity index (χ2n) is 17.2. The molecule has 1 rings (SSSR count). The number of phenols is 1. The largest absolute Gasteiger partial charge is 0.508 e. The number of phenolic OH excluding ortho intramolecular Hbond substituents is 1. The van der Waals surface area contributed by atoms with Gasteiger partial charge in [-0.1, -0.05) is 96.1 Å². The van der Waals surface area contributed by atoms with Crippen LogP contribution in [0.4, 0.5) is 0 Å². The summed E-state index contributed by atoms with van der Waals surface area (Å²) in [4.78, 5) is 104. The van der Waals surface area contributed by atoms with E-state index in [4.69, 9.17) is 22.9 Å². The lowest BCUT2D eigenvalue weighted by Crippen LogP contribution is -2.59. The summed E-state index contributed by atoms with van der Waals surface area (Å²) in [5.41, 5.74) is 22.7. The third-order valence-electron chi connectivity index (χ3n) is 11.3. The molecule has 0 saturated carbocycles. The van der Waals surface area contributed by atoms with Gasteiger partial charge in [-0.25, -0.2) is 0 Å². The van der Waals surface area contributed by atoms with E-state index in [1.165, 1.54) is 82.1 Å². The monoisotopic (exact) mass is 963 g/mol. The van der Waals surface area contributed by atoms with E-state index < -0.39 is 78.1 Å². The van der Waals surface area contributed by atoms with Gasteiger partial charge in [-0.05, 0) is 82.2 Å². The van der Waals surface area contributed by atoms with Crippen molar-refractivity contribution in [3.8, 4) is 5.75 Å². The molecule has 15 N–H and O–H groups in total. The Labute approximate surface area is 402 Å². The topological polar surface area (TPSA) is 333 Å². The number of nitrogens with two attached hydrogens (primary N) is 4. The first-order chi connectivity index (χ1) is 32.1. The van der Waals surface area contributed by atoms with E-state index in [0.29, 0.717) is 50.8 Å². The first-order valence-corrected chi connectivity index (χ1v) is 24.9. The summed E-state index contributed by atoms with van der Waals surface area (Å²) >= 11 is 4.22. The average molecular weight is 963 g/mol. The summed E-state index contributed by atoms with van der Waals surface area (Å²) in [6.07, 6.45) is 17.1. The van der Waals surface area contributed by atoms with Crippen LogP contribution in [0.1, 0.15) is 154 Å². The van der Waals surface area contributed by atoms with Crippen molar-refractivity contribution in [3.63, 3.8) is 0 Å². The number of carbonyl (C=O) groups is 8. The lowest BCUT2D eigenvalue weighted by Gasteiger charge is -2.26. The normalized spacial score (nSPS) is 13.3. The number of hydrogen-bond donors (Lipinski definition) is 12. The maximum Gasteiger partial charge on any atom is 0.243 e. The average Bonchev–Trinajstić information content (AvgIpc) is 3.29. The molecule has 1 aromatic carbocycles. The first-order valence-electron chi connectivity index (χ1n) is 24.3. The van der Waals surface area contributed by atoms with Crippen LogP contribution < -0.4 is 54.8 Å². The summed E-state index contributed by atoms with van der Waals surface area (Å²) < 4.78 is 0. The summed E-state index contributed by atoms with van der Waals surface area (Å²) in [7, 11) is 0. The van der Waals surface area contributed by atoms with Gasteiger partial charge in [0.05, 0.1) is 6.54 Å². The number of benzene rings is 1. The lowest BCUT2D eigenvalue weighted by atomic mass is 10.0. The van der Waals surface area contributed by atoms with Gasteiger partial charge < -0.3 is 59.9 Å². The molecule has 0 fully saturated rings. The quantitative estimate of drug-likeness (QED) is 0.0333. The predicted molar refractivity (Wildman–Crippen MR) is 262 cm³/mol. The number of aromatic hydroxyl groups is 1. The number of nitrogens with one attached hydrogen (secondary N) is 6. The minimum absolute atomic E-state index is 0.0332. The maximum atomic E-state index is 14.0. The van der Waals surface area contributed by atoms with Crippen LogP contribution in [0.2, 0.25) is 0 Å². The minimum Gasteiger partial charge on any atom is -0.508 e. The molecule has 20 heteroatoms. The highest BCUT2D eigenvalue weighted by molar-refractivity contribution is 7.80. The van der Waals surface area contributed by atoms with Crippen LogP contribution in [0.5, 0.6) is 5.75 Å². The Morgan fingerprint density at radius 2 is 0.985 bits per heavy atom. The Morgan fingerprint density at radius 1 is 0.522 bits per heavy atom. The molecule has 8 amide bonds. The zero-order chi connectivity index (χ0) is 49.8. The molecule has 0 aliphatic carbocycles. The van der Waals surface area contributed by atoms with Gasteiger partial charge >= 0.3 is 0 Å². The van der Waals surface area contributed by atoms with Crippen molar-refractivity contribution in [3.05, 3.63) is 29.8 Å². The van der Waals surface area contributed by atoms with E-state index in [0.717, 1.165) is 19.3 Å². The van der Waals surface area contributed by atoms with Gasteiger partial charge in [-0.2, -0.15) is 12.6 Å². The van der Waals surface area contributed by atoms with Crippen molar-refractivity contribution in [1.82, 2.24) is 31.9 Å². The molecule has 0 bridgehead atoms. The van der Waals surface area contributed by atoms with Gasteiger partial charge in [-0.15, -0.1) is 0 Å². The van der Waals surface area contributed by atoms with Gasteiger partial charge in [0.15, 0.2) is 0 Å². The molecule has 67 heavy (non-hydrogen) atoms. The maximum absolute atomic E-state index is 14.0. The summed E-state index contributed by atoms with van der Waals surface area (Å²) in [5.74, 6) is -5.77. The van der Waals surface area contributed by atoms with Crippen molar-refractivity contribution < 1.29 is 43.5 Å². The smallest absolute Gasteiger partial charge is 0.243 e. The van der Waals surface area contributed by atoms with Gasteiger partial charge in [-0.3, -0.25) is 38.4 Å². The highest BCUT2D eigenvalue weighted by atomic mass is 32.1. The van der Waals surface area contributed by atoms with Gasteiger partial charge in [0.1, 0.15) is 36.0 Å². The SMILES string of the molecule is CCCCCCCCCCCCCCCC(=O)N[C@@H](CS)C(=O)NCC(=O)N[C@@H](Cc1ccc(O)cc1)C(=O)N[C@@H](CCC(N)=O)C(=O)N[C@@H](CCCCN)C(=O)N[C@@H](CCCCN)C(N)=O. The van der Waals surface area contributed by atoms with E-state index >= 15 is 0 Å². The fourth-order valence-corrected chi connectivity index (χ4v) is 7.55. The molecule has 0 heterocycles. The fourth-order valence-electron chi connectivity index (χ4n) is 7.29. The Bertz CT molecular complexity index is 1640. The molecule has 0 spiro atoms. The summed E-state index contributed by atoms with van der Waals surface area (Å²) in [6, 6.07) is -0.207. The van der Waals surface area contributed by atoms with Gasteiger partial charge in [0.2, 0.25) is 47.3 Å². The van der Waals surface area contributed by atoms with E-state index in [9.17, 15) is 43.5 Å². The molecule has 19 nitrogen and oxygen atoms in total. The van der Waals surface area contributed by atoms with Crippen LogP contribution in [0, 0.1) is 0 Å². The van der Waals surface area contributed by atoms with Crippen molar-refractivity contribution in [1.29, 1.82) is 0 Å². The zero-order valence-corrected chi connectivity index (χ0v) is 40.7. The number of thiol groups is 1. The second kappa shape index (κ2) is 37.1. The second-order valence-corrected chi connectivity index (χ2v) is 17.5. The van der Waals surface area contributed by atoms with E-state index in [-0.39, 0.29) is 55.9 Å². The van der Waals surface area contributed by atoms with Crippen LogP contribution >= 0.6 is 12.6 Å². The third-order valence-corrected chi connectivity index (χ3v) is 11.7. The van der Waals surface area contributed by atoms with E-state index in [1.54, 1.807) is 0 Å². The molecule has 0 aliphatic rings. The number of unbranched alkanes of at least 4 members (excludes halogenated alkanes) is 14. The van der Waals surface area contributed by atoms with Crippen LogP contribution in [0.3, 0.4) is 0 Å². The standard InChI is InChI=1S/C47H82N10O9S/c1-2-3-4-5-6-7-8-9-10-11-12-13-14-21-41(60)54-39(32-67)44(63)52-31-42(61)53-38(30-33-22-24-34(58)25-23-33)47(66)57-37(26-27-40(50)59)46(65)56-36(20-16-18-29-49)45(64)55-35(43(51)62)19-15-17-28-48/h22-25,35-39,58,67H,2-21,26-32,48-49H2,1H3,(H2,50,59)(H2,51,62)(H,52,63)(H,53,61)(H,54,60)(H,55,64)(H,56,65)(H,57,66)/t35-,36-,37-,38-,39-/m0/s1. The number of rotatable bonds is 40. The molecular formula is C47H82N10O9S. The van der Waals surface area contributed by atoms with Crippen LogP contribution in [-0.2, 0) is 44.8 Å². The Morgan fingerprint density at radius 3 is 1.48 bits per heavy atom. The lowest BCUT2D eigenvalue weighted by molar-refractivity contribution is -0.135. The van der Waals surface area contributed by atoms with Crippen molar-refractivity contribution in [2.75, 3.05) is 25.4 Å². The van der Waals surface area contributed by atoms with Gasteiger partial charge in [0.25, 0.3) is 0 Å². The molecule has 380 valence electrons. The number of primary amides is 2. The van der Waals surface area contributed by atoms with Crippen molar-refractivity contribution in [2.24, 2.45) is 22.9 Å². The predicted octanol–water partition coefficient (Wildman–Crippen LogP) is 1.89. The molecule has 0 aliphatic heterocycles. The van der Waals surface area contributed by atoms with Crippen molar-refractivity contribution >= 4 is 59.9 Å². The molecule has 0 radical (unpaired) electrons. The van der Waals surface area contributed by atoms with Crippen LogP contribution in [0.25, 0.3) is 0 Å². The third kappa shape index (κ3) is 28.7. The molecule has 0 unspecified atom stereocenters. The van der Waals surface area contributed by atoms with E-state index in [2.05, 4.69) is 51.5 Å². The number of amides is 8. The first kappa shape index (κ1) is 60.1. The Balaban J connectivity index is 2.97. The Hall–Kier alpha value is -4.95. The molecule has 1 aromatic rings. The number of hydrogen-bond acceptors (Lipinski definition) is 12. The number of carbonyl (C=O) groups excluding carboxylic acids is 8. The summed E-state index contributed by atoms with van der Waals surface area (Å²) in [5, 5.41) is 25.3.